The Kier molecular flexibility index (Phi) is 48.0. The van der Waals surface area contributed by atoms with Crippen LogP contribution in [0.15, 0.2) is 0 Å². The Morgan fingerprint density at radius 1 is 0.417 bits per heavy atom. The van der Waals surface area contributed by atoms with Gasteiger partial charge in [-0.15, -0.1) is 0 Å². The van der Waals surface area contributed by atoms with E-state index in [0.717, 1.165) is 38.5 Å². The lowest BCUT2D eigenvalue weighted by molar-refractivity contribution is -0.151. The van der Waals surface area contributed by atoms with Crippen molar-refractivity contribution in [2.24, 2.45) is 0 Å². The molecule has 0 heterocycles. The molecule has 0 saturated heterocycles. The van der Waals surface area contributed by atoms with Gasteiger partial charge in [-0.2, -0.15) is 0 Å². The molecule has 3 N–H and O–H groups in total. The van der Waals surface area contributed by atoms with E-state index in [1.807, 2.05) is 0 Å². The van der Waals surface area contributed by atoms with E-state index in [4.69, 9.17) is 4.74 Å². The number of unbranched alkanes of at least 4 members (excludes halogenated alkanes) is 38. The number of aliphatic hydroxyl groups is 2. The highest BCUT2D eigenvalue weighted by Gasteiger charge is 2.24. The van der Waals surface area contributed by atoms with Crippen LogP contribution in [0.5, 0.6) is 0 Å². The predicted octanol–water partition coefficient (Wildman–Crippen LogP) is 16.4. The molecule has 0 aliphatic carbocycles. The van der Waals surface area contributed by atoms with E-state index in [0.29, 0.717) is 19.3 Å². The highest BCUT2D eigenvalue weighted by atomic mass is 16.5. The van der Waals surface area contributed by atoms with Crippen LogP contribution in [-0.2, 0) is 14.3 Å². The van der Waals surface area contributed by atoms with Crippen molar-refractivity contribution in [2.45, 2.75) is 328 Å². The lowest BCUT2D eigenvalue weighted by Gasteiger charge is -2.24. The Morgan fingerprint density at radius 3 is 1.02 bits per heavy atom. The van der Waals surface area contributed by atoms with Gasteiger partial charge in [0.25, 0.3) is 0 Å². The number of hydrogen-bond donors (Lipinski definition) is 3. The molecule has 6 heteroatoms. The zero-order valence-electron chi connectivity index (χ0n) is 40.9. The van der Waals surface area contributed by atoms with Crippen molar-refractivity contribution in [1.29, 1.82) is 0 Å². The number of ether oxygens (including phenoxy) is 1. The van der Waals surface area contributed by atoms with Crippen LogP contribution in [0.3, 0.4) is 0 Å². The Hall–Kier alpha value is -1.14. The molecule has 6 nitrogen and oxygen atoms in total. The maximum Gasteiger partial charge on any atom is 0.306 e. The lowest BCUT2D eigenvalue weighted by atomic mass is 10.0. The molecule has 0 aliphatic rings. The zero-order chi connectivity index (χ0) is 43.8. The highest BCUT2D eigenvalue weighted by molar-refractivity contribution is 5.77. The van der Waals surface area contributed by atoms with Crippen LogP contribution in [0.4, 0.5) is 0 Å². The first-order valence-electron chi connectivity index (χ1n) is 27.3. The first-order valence-corrected chi connectivity index (χ1v) is 27.3. The zero-order valence-corrected chi connectivity index (χ0v) is 40.9. The number of nitrogens with one attached hydrogen (secondary N) is 1. The fourth-order valence-electron chi connectivity index (χ4n) is 8.79. The minimum Gasteiger partial charge on any atom is -0.462 e. The molecule has 60 heavy (non-hydrogen) atoms. The fourth-order valence-corrected chi connectivity index (χ4v) is 8.79. The van der Waals surface area contributed by atoms with E-state index in [1.165, 1.54) is 225 Å². The molecule has 358 valence electrons. The van der Waals surface area contributed by atoms with Crippen LogP contribution in [0.1, 0.15) is 310 Å². The molecule has 0 rings (SSSR count). The van der Waals surface area contributed by atoms with Crippen molar-refractivity contribution in [2.75, 3.05) is 6.61 Å². The van der Waals surface area contributed by atoms with Gasteiger partial charge in [0.1, 0.15) is 6.10 Å². The van der Waals surface area contributed by atoms with E-state index in [9.17, 15) is 19.8 Å². The molecule has 0 spiro atoms. The molecule has 3 atom stereocenters. The van der Waals surface area contributed by atoms with Gasteiger partial charge in [-0.25, -0.2) is 0 Å². The summed E-state index contributed by atoms with van der Waals surface area (Å²) < 4.78 is 5.95. The van der Waals surface area contributed by atoms with E-state index in [1.54, 1.807) is 0 Å². The van der Waals surface area contributed by atoms with Crippen molar-refractivity contribution in [3.05, 3.63) is 0 Å². The van der Waals surface area contributed by atoms with E-state index < -0.39 is 18.2 Å². The number of carbonyl (C=O) groups excluding carboxylic acids is 2. The summed E-state index contributed by atoms with van der Waals surface area (Å²) in [4.78, 5) is 26.2. The smallest absolute Gasteiger partial charge is 0.306 e. The second kappa shape index (κ2) is 48.9. The van der Waals surface area contributed by atoms with Crippen molar-refractivity contribution in [3.8, 4) is 0 Å². The van der Waals surface area contributed by atoms with Gasteiger partial charge >= 0.3 is 5.97 Å². The van der Waals surface area contributed by atoms with Gasteiger partial charge in [0.15, 0.2) is 0 Å². The summed E-state index contributed by atoms with van der Waals surface area (Å²) in [6, 6.07) is -0.692. The van der Waals surface area contributed by atoms with Gasteiger partial charge in [0, 0.05) is 6.42 Å². The van der Waals surface area contributed by atoms with Crippen LogP contribution in [0.25, 0.3) is 0 Å². The molecular weight excluding hydrogens is 743 g/mol. The molecule has 0 aliphatic heterocycles. The summed E-state index contributed by atoms with van der Waals surface area (Å²) in [5.74, 6) is -0.448. The van der Waals surface area contributed by atoms with E-state index in [2.05, 4.69) is 26.1 Å². The maximum absolute atomic E-state index is 13.2. The number of rotatable bonds is 50. The van der Waals surface area contributed by atoms with E-state index in [-0.39, 0.29) is 24.9 Å². The van der Waals surface area contributed by atoms with Crippen LogP contribution in [0.2, 0.25) is 0 Å². The summed E-state index contributed by atoms with van der Waals surface area (Å²) >= 11 is 0. The Labute approximate surface area is 375 Å². The first-order chi connectivity index (χ1) is 29.5. The number of aliphatic hydroxyl groups excluding tert-OH is 2. The quantitative estimate of drug-likeness (QED) is 0.0419. The van der Waals surface area contributed by atoms with Crippen LogP contribution in [0, 0.1) is 0 Å². The maximum atomic E-state index is 13.2. The topological polar surface area (TPSA) is 95.9 Å². The normalized spacial score (nSPS) is 13.1. The van der Waals surface area contributed by atoms with E-state index >= 15 is 0 Å². The second-order valence-electron chi connectivity index (χ2n) is 19.0. The van der Waals surface area contributed by atoms with Crippen LogP contribution < -0.4 is 5.32 Å². The van der Waals surface area contributed by atoms with Crippen molar-refractivity contribution in [3.63, 3.8) is 0 Å². The molecule has 0 aromatic heterocycles. The van der Waals surface area contributed by atoms with Crippen LogP contribution in [-0.4, -0.2) is 46.9 Å². The highest BCUT2D eigenvalue weighted by Crippen LogP contribution is 2.19. The standard InChI is InChI=1S/C54H107NO5/c1-4-7-10-13-16-19-22-25-27-29-32-35-38-41-44-47-54(59)60-50(45-42-39-36-33-30-24-21-18-15-12-9-6-3)48-53(58)55-51(49-56)52(57)46-43-40-37-34-31-28-26-23-20-17-14-11-8-5-2/h50-52,56-57H,4-49H2,1-3H3,(H,55,58). The molecule has 0 aromatic carbocycles. The second-order valence-corrected chi connectivity index (χ2v) is 19.0. The molecule has 0 bridgehead atoms. The number of hydrogen-bond acceptors (Lipinski definition) is 5. The summed E-state index contributed by atoms with van der Waals surface area (Å²) in [5.41, 5.74) is 0. The van der Waals surface area contributed by atoms with Crippen molar-refractivity contribution < 1.29 is 24.5 Å². The molecule has 3 unspecified atom stereocenters. The third-order valence-corrected chi connectivity index (χ3v) is 12.9. The summed E-state index contributed by atoms with van der Waals surface area (Å²) in [7, 11) is 0. The molecule has 0 saturated carbocycles. The van der Waals surface area contributed by atoms with Crippen molar-refractivity contribution >= 4 is 11.9 Å². The van der Waals surface area contributed by atoms with Gasteiger partial charge < -0.3 is 20.3 Å². The average Bonchev–Trinajstić information content (AvgIpc) is 3.24. The Balaban J connectivity index is 4.47. The third kappa shape index (κ3) is 43.5. The molecule has 0 radical (unpaired) electrons. The predicted molar refractivity (Wildman–Crippen MR) is 260 cm³/mol. The van der Waals surface area contributed by atoms with Gasteiger partial charge in [-0.3, -0.25) is 9.59 Å². The average molecular weight is 850 g/mol. The largest absolute Gasteiger partial charge is 0.462 e. The third-order valence-electron chi connectivity index (χ3n) is 12.9. The van der Waals surface area contributed by atoms with Gasteiger partial charge in [0.2, 0.25) is 5.91 Å². The minimum atomic E-state index is -0.779. The van der Waals surface area contributed by atoms with Crippen LogP contribution >= 0.6 is 0 Å². The molecular formula is C54H107NO5. The minimum absolute atomic E-state index is 0.0880. The van der Waals surface area contributed by atoms with Crippen molar-refractivity contribution in [1.82, 2.24) is 5.32 Å². The number of amides is 1. The first kappa shape index (κ1) is 58.9. The summed E-state index contributed by atoms with van der Waals surface area (Å²) in [5, 5.41) is 23.8. The Bertz CT molecular complexity index is 867. The molecule has 0 fully saturated rings. The molecule has 1 amide bonds. The summed E-state index contributed by atoms with van der Waals surface area (Å²) in [6.07, 6.45) is 53.0. The summed E-state index contributed by atoms with van der Waals surface area (Å²) in [6.45, 7) is 6.52. The number of esters is 1. The SMILES string of the molecule is CCCCCCCCCCCCCCCCCC(=O)OC(CCCCCCCCCCCCCC)CC(=O)NC(CO)C(O)CCCCCCCCCCCCCCCC. The number of carbonyl (C=O) groups is 2. The van der Waals surface area contributed by atoms with Gasteiger partial charge in [0.05, 0.1) is 25.2 Å². The van der Waals surface area contributed by atoms with Gasteiger partial charge in [-0.05, 0) is 25.7 Å². The lowest BCUT2D eigenvalue weighted by Crippen LogP contribution is -2.46. The van der Waals surface area contributed by atoms with Gasteiger partial charge in [-0.1, -0.05) is 271 Å². The fraction of sp³-hybridized carbons (Fsp3) is 0.963. The Morgan fingerprint density at radius 2 is 0.700 bits per heavy atom. The monoisotopic (exact) mass is 850 g/mol. The molecule has 0 aromatic rings.